The Morgan fingerprint density at radius 1 is 0.968 bits per heavy atom. The Morgan fingerprint density at radius 2 is 1.74 bits per heavy atom. The number of hydrogen-bond acceptors (Lipinski definition) is 5. The van der Waals surface area contributed by atoms with E-state index >= 15 is 0 Å². The van der Waals surface area contributed by atoms with E-state index in [4.69, 9.17) is 14.2 Å². The zero-order valence-electron chi connectivity index (χ0n) is 18.2. The van der Waals surface area contributed by atoms with Crippen molar-refractivity contribution in [3.8, 4) is 11.5 Å². The summed E-state index contributed by atoms with van der Waals surface area (Å²) in [6, 6.07) is 13.1. The fraction of sp³-hybridized carbons (Fsp3) is 0.280. The second-order valence-electron chi connectivity index (χ2n) is 7.81. The van der Waals surface area contributed by atoms with Gasteiger partial charge < -0.3 is 18.8 Å². The number of rotatable bonds is 6. The molecule has 0 unspecified atom stereocenters. The van der Waals surface area contributed by atoms with Gasteiger partial charge in [-0.15, -0.1) is 0 Å². The summed E-state index contributed by atoms with van der Waals surface area (Å²) in [6.45, 7) is 8.21. The van der Waals surface area contributed by atoms with Crippen LogP contribution in [0.4, 0.5) is 0 Å². The van der Waals surface area contributed by atoms with Crippen molar-refractivity contribution in [3.63, 3.8) is 0 Å². The van der Waals surface area contributed by atoms with Crippen LogP contribution in [-0.2, 0) is 11.3 Å². The highest BCUT2D eigenvalue weighted by molar-refractivity contribution is 6.00. The number of ketones is 1. The molecule has 2 heterocycles. The zero-order chi connectivity index (χ0) is 22.1. The summed E-state index contributed by atoms with van der Waals surface area (Å²) >= 11 is 0. The van der Waals surface area contributed by atoms with E-state index in [9.17, 15) is 9.59 Å². The van der Waals surface area contributed by atoms with Crippen molar-refractivity contribution in [2.75, 3.05) is 13.4 Å². The number of nitrogens with zero attached hydrogens (tertiary/aromatic N) is 1. The van der Waals surface area contributed by atoms with Gasteiger partial charge in [-0.2, -0.15) is 0 Å². The molecule has 0 saturated heterocycles. The van der Waals surface area contributed by atoms with E-state index in [0.29, 0.717) is 17.7 Å². The number of aryl methyl sites for hydroxylation is 2. The SMILES string of the molecule is Cc1cccc(C(=O)OCC(=O)c2cc(C)n(Cc3ccc4c(c3)OCO4)c2C)c1C. The molecule has 0 amide bonds. The quantitative estimate of drug-likeness (QED) is 0.434. The first-order valence-electron chi connectivity index (χ1n) is 10.2. The third-order valence-electron chi connectivity index (χ3n) is 5.81. The van der Waals surface area contributed by atoms with Gasteiger partial charge in [0.05, 0.1) is 5.56 Å². The first kappa shape index (κ1) is 20.7. The average Bonchev–Trinajstić information content (AvgIpc) is 3.33. The van der Waals surface area contributed by atoms with Crippen LogP contribution in [-0.4, -0.2) is 29.7 Å². The van der Waals surface area contributed by atoms with Crippen LogP contribution in [0.2, 0.25) is 0 Å². The lowest BCUT2D eigenvalue weighted by molar-refractivity contribution is 0.0473. The molecular formula is C25H25NO5. The van der Waals surface area contributed by atoms with E-state index < -0.39 is 5.97 Å². The molecule has 31 heavy (non-hydrogen) atoms. The van der Waals surface area contributed by atoms with Crippen molar-refractivity contribution >= 4 is 11.8 Å². The van der Waals surface area contributed by atoms with Crippen molar-refractivity contribution in [1.29, 1.82) is 0 Å². The van der Waals surface area contributed by atoms with Gasteiger partial charge in [-0.1, -0.05) is 18.2 Å². The molecule has 6 nitrogen and oxygen atoms in total. The monoisotopic (exact) mass is 419 g/mol. The van der Waals surface area contributed by atoms with Crippen molar-refractivity contribution < 1.29 is 23.8 Å². The van der Waals surface area contributed by atoms with E-state index in [2.05, 4.69) is 4.57 Å². The number of benzene rings is 2. The largest absolute Gasteiger partial charge is 0.454 e. The predicted octanol–water partition coefficient (Wildman–Crippen LogP) is 4.54. The van der Waals surface area contributed by atoms with E-state index in [1.165, 1.54) is 0 Å². The minimum Gasteiger partial charge on any atom is -0.454 e. The summed E-state index contributed by atoms with van der Waals surface area (Å²) in [6.07, 6.45) is 0. The molecule has 2 aromatic carbocycles. The fourth-order valence-corrected chi connectivity index (χ4v) is 3.81. The lowest BCUT2D eigenvalue weighted by Crippen LogP contribution is -2.16. The maximum absolute atomic E-state index is 12.8. The lowest BCUT2D eigenvalue weighted by Gasteiger charge is -2.11. The van der Waals surface area contributed by atoms with Crippen LogP contribution in [0.1, 0.15) is 48.8 Å². The van der Waals surface area contributed by atoms with Crippen LogP contribution in [0.15, 0.2) is 42.5 Å². The van der Waals surface area contributed by atoms with Crippen molar-refractivity contribution in [2.24, 2.45) is 0 Å². The van der Waals surface area contributed by atoms with Crippen molar-refractivity contribution in [3.05, 3.63) is 81.7 Å². The van der Waals surface area contributed by atoms with Gasteiger partial charge in [-0.05, 0) is 68.7 Å². The standard InChI is InChI=1S/C25H25NO5/c1-15-6-5-7-20(17(15)3)25(28)29-13-22(27)21-10-16(2)26(18(21)4)12-19-8-9-23-24(11-19)31-14-30-23/h5-11H,12-14H2,1-4H3. The highest BCUT2D eigenvalue weighted by Crippen LogP contribution is 2.33. The molecule has 0 spiro atoms. The third-order valence-corrected chi connectivity index (χ3v) is 5.81. The molecule has 3 aromatic rings. The molecule has 0 bridgehead atoms. The molecular weight excluding hydrogens is 394 g/mol. The third kappa shape index (κ3) is 4.06. The van der Waals surface area contributed by atoms with Gasteiger partial charge in [-0.25, -0.2) is 4.79 Å². The van der Waals surface area contributed by atoms with Gasteiger partial charge in [0.1, 0.15) is 0 Å². The van der Waals surface area contributed by atoms with Crippen LogP contribution < -0.4 is 9.47 Å². The topological polar surface area (TPSA) is 66.8 Å². The first-order valence-corrected chi connectivity index (χ1v) is 10.2. The highest BCUT2D eigenvalue weighted by atomic mass is 16.7. The smallest absolute Gasteiger partial charge is 0.338 e. The molecule has 1 aliphatic heterocycles. The number of carbonyl (C=O) groups excluding carboxylic acids is 2. The van der Waals surface area contributed by atoms with E-state index in [1.54, 1.807) is 6.07 Å². The summed E-state index contributed by atoms with van der Waals surface area (Å²) in [5.74, 6) is 0.772. The Balaban J connectivity index is 1.47. The Kier molecular flexibility index (Phi) is 5.55. The molecule has 0 aliphatic carbocycles. The minimum absolute atomic E-state index is 0.219. The summed E-state index contributed by atoms with van der Waals surface area (Å²) in [4.78, 5) is 25.2. The number of esters is 1. The Bertz CT molecular complexity index is 1170. The lowest BCUT2D eigenvalue weighted by atomic mass is 10.0. The summed E-state index contributed by atoms with van der Waals surface area (Å²) in [5.41, 5.74) is 5.76. The van der Waals surface area contributed by atoms with Gasteiger partial charge in [0, 0.05) is 23.5 Å². The second-order valence-corrected chi connectivity index (χ2v) is 7.81. The van der Waals surface area contributed by atoms with Crippen LogP contribution in [0.3, 0.4) is 0 Å². The Hall–Kier alpha value is -3.54. The number of Topliss-reactive ketones (excluding diaryl/α,β-unsaturated/α-hetero) is 1. The molecule has 0 saturated carbocycles. The molecule has 0 radical (unpaired) electrons. The number of aromatic nitrogens is 1. The number of fused-ring (bicyclic) bond motifs is 1. The van der Waals surface area contributed by atoms with Gasteiger partial charge in [0.25, 0.3) is 0 Å². The first-order chi connectivity index (χ1) is 14.8. The minimum atomic E-state index is -0.483. The maximum atomic E-state index is 12.8. The second kappa shape index (κ2) is 8.30. The molecule has 1 aromatic heterocycles. The Labute approximate surface area is 181 Å². The average molecular weight is 419 g/mol. The number of hydrogen-bond donors (Lipinski definition) is 0. The number of ether oxygens (including phenoxy) is 3. The molecule has 4 rings (SSSR count). The summed E-state index contributed by atoms with van der Waals surface area (Å²) < 4.78 is 18.2. The predicted molar refractivity (Wildman–Crippen MR) is 116 cm³/mol. The zero-order valence-corrected chi connectivity index (χ0v) is 18.2. The molecule has 0 N–H and O–H groups in total. The van der Waals surface area contributed by atoms with Crippen molar-refractivity contribution in [2.45, 2.75) is 34.2 Å². The van der Waals surface area contributed by atoms with Crippen LogP contribution in [0.5, 0.6) is 11.5 Å². The van der Waals surface area contributed by atoms with Gasteiger partial charge in [0.15, 0.2) is 18.1 Å². The maximum Gasteiger partial charge on any atom is 0.338 e. The molecule has 0 atom stereocenters. The van der Waals surface area contributed by atoms with Gasteiger partial charge in [0.2, 0.25) is 12.6 Å². The van der Waals surface area contributed by atoms with Crippen LogP contribution in [0.25, 0.3) is 0 Å². The normalized spacial score (nSPS) is 12.1. The van der Waals surface area contributed by atoms with Crippen LogP contribution >= 0.6 is 0 Å². The number of carbonyl (C=O) groups is 2. The Morgan fingerprint density at radius 3 is 2.55 bits per heavy atom. The summed E-state index contributed by atoms with van der Waals surface area (Å²) in [5, 5.41) is 0. The van der Waals surface area contributed by atoms with Crippen LogP contribution in [0, 0.1) is 27.7 Å². The van der Waals surface area contributed by atoms with E-state index in [0.717, 1.165) is 39.6 Å². The molecule has 1 aliphatic rings. The molecule has 160 valence electrons. The van der Waals surface area contributed by atoms with E-state index in [1.807, 2.05) is 64.1 Å². The molecule has 0 fully saturated rings. The highest BCUT2D eigenvalue weighted by Gasteiger charge is 2.20. The van der Waals surface area contributed by atoms with Crippen molar-refractivity contribution in [1.82, 2.24) is 4.57 Å². The van der Waals surface area contributed by atoms with E-state index in [-0.39, 0.29) is 19.2 Å². The van der Waals surface area contributed by atoms with Gasteiger partial charge in [-0.3, -0.25) is 4.79 Å². The molecule has 6 heteroatoms. The fourth-order valence-electron chi connectivity index (χ4n) is 3.81. The summed E-state index contributed by atoms with van der Waals surface area (Å²) in [7, 11) is 0. The van der Waals surface area contributed by atoms with Gasteiger partial charge >= 0.3 is 5.97 Å².